The van der Waals surface area contributed by atoms with Crippen LogP contribution in [0.15, 0.2) is 59.8 Å². The first kappa shape index (κ1) is 24.2. The molecule has 0 bridgehead atoms. The molecule has 0 unspecified atom stereocenters. The number of aromatic nitrogens is 4. The number of H-pyrrole nitrogens is 1. The molecule has 10 nitrogen and oxygen atoms in total. The monoisotopic (exact) mass is 513 g/mol. The molecule has 2 saturated heterocycles. The summed E-state index contributed by atoms with van der Waals surface area (Å²) in [5.74, 6) is 0.622. The fraction of sp³-hybridized carbons (Fsp3) is 0.357. The lowest BCUT2D eigenvalue weighted by Crippen LogP contribution is -2.37. The van der Waals surface area contributed by atoms with Crippen molar-refractivity contribution in [2.24, 2.45) is 0 Å². The number of pyridine rings is 2. The van der Waals surface area contributed by atoms with Crippen molar-refractivity contribution >= 4 is 33.9 Å². The van der Waals surface area contributed by atoms with Gasteiger partial charge in [0.1, 0.15) is 5.82 Å². The van der Waals surface area contributed by atoms with E-state index in [1.54, 1.807) is 13.1 Å². The van der Waals surface area contributed by atoms with Gasteiger partial charge in [0.2, 0.25) is 5.91 Å². The number of nitrogens with zero attached hydrogens (tertiary/aromatic N) is 5. The largest absolute Gasteiger partial charge is 0.378 e. The van der Waals surface area contributed by atoms with Crippen molar-refractivity contribution in [2.45, 2.75) is 25.8 Å². The lowest BCUT2D eigenvalue weighted by Gasteiger charge is -2.31. The van der Waals surface area contributed by atoms with Gasteiger partial charge < -0.3 is 24.8 Å². The Labute approximate surface area is 220 Å². The second-order valence-corrected chi connectivity index (χ2v) is 9.84. The molecule has 0 radical (unpaired) electrons. The van der Waals surface area contributed by atoms with Gasteiger partial charge in [0, 0.05) is 62.4 Å². The van der Waals surface area contributed by atoms with E-state index in [0.29, 0.717) is 11.2 Å². The summed E-state index contributed by atoms with van der Waals surface area (Å²) in [6.07, 6.45) is 7.22. The fourth-order valence-electron chi connectivity index (χ4n) is 5.28. The number of rotatable bonds is 5. The third-order valence-electron chi connectivity index (χ3n) is 7.44. The van der Waals surface area contributed by atoms with Crippen molar-refractivity contribution in [1.82, 2.24) is 24.6 Å². The first-order chi connectivity index (χ1) is 18.5. The molecule has 2 aliphatic rings. The van der Waals surface area contributed by atoms with E-state index in [0.717, 1.165) is 80.3 Å². The maximum Gasteiger partial charge on any atom is 0.259 e. The normalized spacial score (nSPS) is 16.7. The zero-order chi connectivity index (χ0) is 26.1. The molecule has 0 saturated carbocycles. The van der Waals surface area contributed by atoms with Crippen LogP contribution >= 0.6 is 0 Å². The molecule has 196 valence electrons. The SMILES string of the molecule is CC(=O)N1CCC(n2cc(-c3cc4cc[nH]c(=O)c4c(Nc4ccc(N5CCOCC5)cc4)n3)cn2)CC1. The number of carbonyl (C=O) groups is 1. The lowest BCUT2D eigenvalue weighted by atomic mass is 10.1. The molecular weight excluding hydrogens is 482 g/mol. The van der Waals surface area contributed by atoms with Gasteiger partial charge in [-0.25, -0.2) is 4.98 Å². The van der Waals surface area contributed by atoms with Crippen LogP contribution in [0.5, 0.6) is 0 Å². The van der Waals surface area contributed by atoms with Crippen LogP contribution in [0, 0.1) is 0 Å². The summed E-state index contributed by atoms with van der Waals surface area (Å²) >= 11 is 0. The maximum atomic E-state index is 12.8. The van der Waals surface area contributed by atoms with Crippen molar-refractivity contribution < 1.29 is 9.53 Å². The minimum atomic E-state index is -0.193. The molecule has 0 aliphatic carbocycles. The van der Waals surface area contributed by atoms with Gasteiger partial charge in [0.15, 0.2) is 0 Å². The zero-order valence-electron chi connectivity index (χ0n) is 21.4. The predicted molar refractivity (Wildman–Crippen MR) is 147 cm³/mol. The Hall–Kier alpha value is -4.18. The van der Waals surface area contributed by atoms with E-state index in [1.165, 1.54) is 0 Å². The summed E-state index contributed by atoms with van der Waals surface area (Å²) in [5, 5.41) is 9.31. The predicted octanol–water partition coefficient (Wildman–Crippen LogP) is 3.55. The van der Waals surface area contributed by atoms with Crippen LogP contribution in [0.4, 0.5) is 17.2 Å². The van der Waals surface area contributed by atoms with Crippen molar-refractivity contribution in [3.63, 3.8) is 0 Å². The first-order valence-electron chi connectivity index (χ1n) is 13.1. The number of likely N-dealkylation sites (tertiary alicyclic amines) is 1. The van der Waals surface area contributed by atoms with Crippen molar-refractivity contribution in [2.75, 3.05) is 49.6 Å². The Morgan fingerprint density at radius 1 is 1.08 bits per heavy atom. The first-order valence-corrected chi connectivity index (χ1v) is 13.1. The van der Waals surface area contributed by atoms with Gasteiger partial charge in [0.25, 0.3) is 5.56 Å². The van der Waals surface area contributed by atoms with E-state index in [-0.39, 0.29) is 17.5 Å². The molecule has 2 fully saturated rings. The number of benzene rings is 1. The van der Waals surface area contributed by atoms with Crippen LogP contribution in [-0.2, 0) is 9.53 Å². The third-order valence-corrected chi connectivity index (χ3v) is 7.44. The number of hydrogen-bond acceptors (Lipinski definition) is 7. The highest BCUT2D eigenvalue weighted by Crippen LogP contribution is 2.30. The summed E-state index contributed by atoms with van der Waals surface area (Å²) in [6.45, 7) is 6.32. The standard InChI is InChI=1S/C28H31N7O3/c1-19(36)33-10-7-24(8-11-33)35-18-21(17-30-35)25-16-20-6-9-29-28(37)26(20)27(32-25)31-22-2-4-23(5-3-22)34-12-14-38-15-13-34/h2-6,9,16-18,24H,7-8,10-15H2,1H3,(H,29,37)(H,31,32). The third kappa shape index (κ3) is 4.87. The number of carbonyl (C=O) groups excluding carboxylic acids is 1. The van der Waals surface area contributed by atoms with Crippen LogP contribution in [0.2, 0.25) is 0 Å². The average Bonchev–Trinajstić information content (AvgIpc) is 3.44. The Morgan fingerprint density at radius 2 is 1.84 bits per heavy atom. The van der Waals surface area contributed by atoms with Crippen LogP contribution in [0.1, 0.15) is 25.8 Å². The number of piperidine rings is 1. The lowest BCUT2D eigenvalue weighted by molar-refractivity contribution is -0.130. The molecule has 10 heteroatoms. The quantitative estimate of drug-likeness (QED) is 0.420. The van der Waals surface area contributed by atoms with Gasteiger partial charge in [-0.1, -0.05) is 0 Å². The molecule has 38 heavy (non-hydrogen) atoms. The molecule has 6 rings (SSSR count). The van der Waals surface area contributed by atoms with Gasteiger partial charge in [-0.05, 0) is 54.6 Å². The minimum absolute atomic E-state index is 0.121. The van der Waals surface area contributed by atoms with Crippen LogP contribution < -0.4 is 15.8 Å². The highest BCUT2D eigenvalue weighted by atomic mass is 16.5. The number of ether oxygens (including phenoxy) is 1. The zero-order valence-corrected chi connectivity index (χ0v) is 21.4. The molecule has 2 N–H and O–H groups in total. The number of aromatic amines is 1. The van der Waals surface area contributed by atoms with Gasteiger partial charge in [-0.2, -0.15) is 5.10 Å². The Balaban J connectivity index is 1.28. The maximum absolute atomic E-state index is 12.8. The van der Waals surface area contributed by atoms with Crippen molar-refractivity contribution in [3.8, 4) is 11.3 Å². The Morgan fingerprint density at radius 3 is 2.58 bits per heavy atom. The summed E-state index contributed by atoms with van der Waals surface area (Å²) in [6, 6.07) is 12.2. The minimum Gasteiger partial charge on any atom is -0.378 e. The number of morpholine rings is 1. The number of anilines is 3. The van der Waals surface area contributed by atoms with Crippen LogP contribution in [0.3, 0.4) is 0 Å². The van der Waals surface area contributed by atoms with E-state index in [1.807, 2.05) is 46.2 Å². The highest BCUT2D eigenvalue weighted by Gasteiger charge is 2.23. The fourth-order valence-corrected chi connectivity index (χ4v) is 5.28. The summed E-state index contributed by atoms with van der Waals surface area (Å²) in [5.41, 5.74) is 3.42. The average molecular weight is 514 g/mol. The van der Waals surface area contributed by atoms with E-state index in [9.17, 15) is 9.59 Å². The molecule has 0 atom stereocenters. The van der Waals surface area contributed by atoms with Gasteiger partial charge in [-0.3, -0.25) is 14.3 Å². The number of hydrogen-bond donors (Lipinski definition) is 2. The smallest absolute Gasteiger partial charge is 0.259 e. The van der Waals surface area contributed by atoms with Gasteiger partial charge >= 0.3 is 0 Å². The number of fused-ring (bicyclic) bond motifs is 1. The van der Waals surface area contributed by atoms with Crippen LogP contribution in [-0.4, -0.2) is 69.9 Å². The molecule has 1 amide bonds. The Kier molecular flexibility index (Phi) is 6.55. The topological polar surface area (TPSA) is 108 Å². The molecule has 5 heterocycles. The van der Waals surface area contributed by atoms with E-state index in [2.05, 4.69) is 32.4 Å². The molecule has 2 aliphatic heterocycles. The van der Waals surface area contributed by atoms with E-state index in [4.69, 9.17) is 9.72 Å². The van der Waals surface area contributed by atoms with Gasteiger partial charge in [-0.15, -0.1) is 0 Å². The second-order valence-electron chi connectivity index (χ2n) is 9.84. The summed E-state index contributed by atoms with van der Waals surface area (Å²) < 4.78 is 7.44. The number of nitrogens with one attached hydrogen (secondary N) is 2. The Bertz CT molecular complexity index is 1500. The summed E-state index contributed by atoms with van der Waals surface area (Å²) in [4.78, 5) is 36.3. The molecule has 1 aromatic carbocycles. The van der Waals surface area contributed by atoms with Crippen molar-refractivity contribution in [1.29, 1.82) is 0 Å². The van der Waals surface area contributed by atoms with Crippen molar-refractivity contribution in [3.05, 3.63) is 65.3 Å². The molecule has 0 spiro atoms. The molecule has 3 aromatic heterocycles. The van der Waals surface area contributed by atoms with Gasteiger partial charge in [0.05, 0.1) is 36.5 Å². The van der Waals surface area contributed by atoms with E-state index >= 15 is 0 Å². The highest BCUT2D eigenvalue weighted by molar-refractivity contribution is 5.95. The summed E-state index contributed by atoms with van der Waals surface area (Å²) in [7, 11) is 0. The molecular formula is C28H31N7O3. The second kappa shape index (κ2) is 10.3. The number of amides is 1. The van der Waals surface area contributed by atoms with Crippen LogP contribution in [0.25, 0.3) is 22.0 Å². The molecule has 4 aromatic rings. The van der Waals surface area contributed by atoms with E-state index < -0.39 is 0 Å².